The molecule has 1 aromatic heterocycles. The topological polar surface area (TPSA) is 59.2 Å². The van der Waals surface area contributed by atoms with Crippen LogP contribution in [0.2, 0.25) is 0 Å². The normalized spacial score (nSPS) is 17.9. The van der Waals surface area contributed by atoms with E-state index in [1.807, 2.05) is 17.9 Å². The third kappa shape index (κ3) is 3.95. The Labute approximate surface area is 144 Å². The molecular weight excluding hydrogens is 329 g/mol. The number of thioether (sulfide) groups is 1. The fraction of sp³-hybridized carbons (Fsp3) is 0.471. The highest BCUT2D eigenvalue weighted by Gasteiger charge is 2.28. The number of carbonyl (C=O) groups excluding carboxylic acids is 1. The third-order valence-electron chi connectivity index (χ3n) is 4.13. The predicted octanol–water partition coefficient (Wildman–Crippen LogP) is 3.62. The van der Waals surface area contributed by atoms with Gasteiger partial charge in [-0.15, -0.1) is 10.2 Å². The van der Waals surface area contributed by atoms with Crippen molar-refractivity contribution in [3.05, 3.63) is 41.5 Å². The van der Waals surface area contributed by atoms with Crippen molar-refractivity contribution in [2.45, 2.75) is 43.9 Å². The molecule has 7 heteroatoms. The predicted molar refractivity (Wildman–Crippen MR) is 89.1 cm³/mol. The fourth-order valence-corrected chi connectivity index (χ4v) is 3.60. The van der Waals surface area contributed by atoms with E-state index >= 15 is 0 Å². The molecule has 0 radical (unpaired) electrons. The minimum absolute atomic E-state index is 0.0187. The van der Waals surface area contributed by atoms with E-state index in [9.17, 15) is 9.18 Å². The highest BCUT2D eigenvalue weighted by atomic mass is 32.2. The maximum absolute atomic E-state index is 13.5. The average Bonchev–Trinajstić information content (AvgIpc) is 3.08. The summed E-state index contributed by atoms with van der Waals surface area (Å²) in [6, 6.07) is 6.47. The standard InChI is InChI=1S/C17H20FN3O2S/c1-2-15-19-20-17(23-15)24-11-16(22)21-9-4-3-8-14(21)12-6-5-7-13(18)10-12/h5-7,10,14H,2-4,8-9,11H2,1H3. The van der Waals surface area contributed by atoms with Gasteiger partial charge in [0.15, 0.2) is 0 Å². The molecule has 3 rings (SSSR count). The number of hydrogen-bond donors (Lipinski definition) is 0. The molecular formula is C17H20FN3O2S. The van der Waals surface area contributed by atoms with Crippen molar-refractivity contribution in [1.29, 1.82) is 0 Å². The van der Waals surface area contributed by atoms with Crippen LogP contribution < -0.4 is 0 Å². The first-order valence-corrected chi connectivity index (χ1v) is 9.16. The van der Waals surface area contributed by atoms with Crippen molar-refractivity contribution in [2.24, 2.45) is 0 Å². The zero-order chi connectivity index (χ0) is 16.9. The van der Waals surface area contributed by atoms with Crippen molar-refractivity contribution in [3.8, 4) is 0 Å². The van der Waals surface area contributed by atoms with Gasteiger partial charge in [-0.05, 0) is 37.0 Å². The van der Waals surface area contributed by atoms with Crippen LogP contribution in [0.1, 0.15) is 43.7 Å². The molecule has 1 aliphatic rings. The molecule has 1 amide bonds. The van der Waals surface area contributed by atoms with Crippen molar-refractivity contribution in [3.63, 3.8) is 0 Å². The Hall–Kier alpha value is -1.89. The first-order valence-electron chi connectivity index (χ1n) is 8.17. The summed E-state index contributed by atoms with van der Waals surface area (Å²) in [5.41, 5.74) is 0.860. The van der Waals surface area contributed by atoms with Crippen LogP contribution in [0.3, 0.4) is 0 Å². The maximum Gasteiger partial charge on any atom is 0.277 e. The van der Waals surface area contributed by atoms with E-state index in [1.165, 1.54) is 23.9 Å². The number of carbonyl (C=O) groups is 1. The number of halogens is 1. The molecule has 128 valence electrons. The number of benzene rings is 1. The second kappa shape index (κ2) is 7.79. The Morgan fingerprint density at radius 1 is 1.42 bits per heavy atom. The summed E-state index contributed by atoms with van der Waals surface area (Å²) in [5.74, 6) is 0.570. The van der Waals surface area contributed by atoms with Crippen LogP contribution in [0, 0.1) is 5.82 Å². The van der Waals surface area contributed by atoms with Gasteiger partial charge < -0.3 is 9.32 Å². The second-order valence-electron chi connectivity index (χ2n) is 5.76. The minimum Gasteiger partial charge on any atom is -0.416 e. The van der Waals surface area contributed by atoms with Crippen molar-refractivity contribution in [1.82, 2.24) is 15.1 Å². The fourth-order valence-electron chi connectivity index (χ4n) is 2.94. The number of likely N-dealkylation sites (tertiary alicyclic amines) is 1. The Bertz CT molecular complexity index is 707. The molecule has 24 heavy (non-hydrogen) atoms. The van der Waals surface area contributed by atoms with Crippen molar-refractivity contribution in [2.75, 3.05) is 12.3 Å². The molecule has 1 saturated heterocycles. The van der Waals surface area contributed by atoms with E-state index in [0.717, 1.165) is 24.8 Å². The van der Waals surface area contributed by atoms with Crippen LogP contribution in [0.25, 0.3) is 0 Å². The number of nitrogens with zero attached hydrogens (tertiary/aromatic N) is 3. The first kappa shape index (κ1) is 17.0. The molecule has 0 bridgehead atoms. The van der Waals surface area contributed by atoms with Gasteiger partial charge in [0.1, 0.15) is 5.82 Å². The Balaban J connectivity index is 1.67. The number of hydrogen-bond acceptors (Lipinski definition) is 5. The van der Waals surface area contributed by atoms with E-state index in [4.69, 9.17) is 4.42 Å². The second-order valence-corrected chi connectivity index (χ2v) is 6.68. The van der Waals surface area contributed by atoms with E-state index in [-0.39, 0.29) is 23.5 Å². The lowest BCUT2D eigenvalue weighted by Gasteiger charge is -2.36. The average molecular weight is 349 g/mol. The summed E-state index contributed by atoms with van der Waals surface area (Å²) in [7, 11) is 0. The zero-order valence-corrected chi connectivity index (χ0v) is 14.4. The summed E-state index contributed by atoms with van der Waals surface area (Å²) in [4.78, 5) is 14.5. The summed E-state index contributed by atoms with van der Waals surface area (Å²) in [6.07, 6.45) is 3.56. The van der Waals surface area contributed by atoms with Gasteiger partial charge >= 0.3 is 0 Å². The van der Waals surface area contributed by atoms with Gasteiger partial charge in [0.05, 0.1) is 11.8 Å². The van der Waals surface area contributed by atoms with E-state index < -0.39 is 0 Å². The van der Waals surface area contributed by atoms with Gasteiger partial charge in [-0.3, -0.25) is 4.79 Å². The zero-order valence-electron chi connectivity index (χ0n) is 13.6. The Morgan fingerprint density at radius 3 is 3.04 bits per heavy atom. The van der Waals surface area contributed by atoms with Gasteiger partial charge in [0, 0.05) is 13.0 Å². The van der Waals surface area contributed by atoms with Crippen LogP contribution in [-0.2, 0) is 11.2 Å². The van der Waals surface area contributed by atoms with E-state index in [2.05, 4.69) is 10.2 Å². The smallest absolute Gasteiger partial charge is 0.277 e. The summed E-state index contributed by atoms with van der Waals surface area (Å²) >= 11 is 1.25. The molecule has 0 N–H and O–H groups in total. The molecule has 1 unspecified atom stereocenters. The molecule has 1 fully saturated rings. The lowest BCUT2D eigenvalue weighted by Crippen LogP contribution is -2.39. The van der Waals surface area contributed by atoms with Gasteiger partial charge in [-0.1, -0.05) is 30.8 Å². The highest BCUT2D eigenvalue weighted by Crippen LogP contribution is 2.32. The lowest BCUT2D eigenvalue weighted by molar-refractivity contribution is -0.132. The number of rotatable bonds is 5. The molecule has 2 aromatic rings. The monoisotopic (exact) mass is 349 g/mol. The first-order chi connectivity index (χ1) is 11.7. The number of aromatic nitrogens is 2. The van der Waals surface area contributed by atoms with Gasteiger partial charge in [0.25, 0.3) is 5.22 Å². The molecule has 5 nitrogen and oxygen atoms in total. The molecule has 1 aliphatic heterocycles. The third-order valence-corrected chi connectivity index (χ3v) is 4.93. The summed E-state index contributed by atoms with van der Waals surface area (Å²) in [6.45, 7) is 2.63. The number of aryl methyl sites for hydroxylation is 1. The van der Waals surface area contributed by atoms with Gasteiger partial charge in [0.2, 0.25) is 11.8 Å². The SMILES string of the molecule is CCc1nnc(SCC(=O)N2CCCCC2c2cccc(F)c2)o1. The van der Waals surface area contributed by atoms with Crippen LogP contribution in [0.5, 0.6) is 0 Å². The maximum atomic E-state index is 13.5. The molecule has 2 heterocycles. The molecule has 0 spiro atoms. The molecule has 0 saturated carbocycles. The van der Waals surface area contributed by atoms with Gasteiger partial charge in [-0.2, -0.15) is 0 Å². The molecule has 1 aromatic carbocycles. The molecule has 0 aliphatic carbocycles. The van der Waals surface area contributed by atoms with Crippen LogP contribution in [0.15, 0.2) is 33.9 Å². The number of amides is 1. The summed E-state index contributed by atoms with van der Waals surface area (Å²) < 4.78 is 18.9. The van der Waals surface area contributed by atoms with Crippen molar-refractivity contribution < 1.29 is 13.6 Å². The largest absolute Gasteiger partial charge is 0.416 e. The van der Waals surface area contributed by atoms with E-state index in [0.29, 0.717) is 24.1 Å². The highest BCUT2D eigenvalue weighted by molar-refractivity contribution is 7.99. The van der Waals surface area contributed by atoms with Crippen LogP contribution >= 0.6 is 11.8 Å². The Kier molecular flexibility index (Phi) is 5.50. The molecule has 1 atom stereocenters. The minimum atomic E-state index is -0.266. The number of piperidine rings is 1. The summed E-state index contributed by atoms with van der Waals surface area (Å²) in [5, 5.41) is 8.23. The quantitative estimate of drug-likeness (QED) is 0.772. The lowest BCUT2D eigenvalue weighted by atomic mass is 9.95. The van der Waals surface area contributed by atoms with Crippen LogP contribution in [0.4, 0.5) is 4.39 Å². The van der Waals surface area contributed by atoms with E-state index in [1.54, 1.807) is 6.07 Å². The van der Waals surface area contributed by atoms with Gasteiger partial charge in [-0.25, -0.2) is 4.39 Å². The Morgan fingerprint density at radius 2 is 2.29 bits per heavy atom. The van der Waals surface area contributed by atoms with Crippen molar-refractivity contribution >= 4 is 17.7 Å². The van der Waals surface area contributed by atoms with Crippen LogP contribution in [-0.4, -0.2) is 33.3 Å².